The van der Waals surface area contributed by atoms with E-state index in [1.165, 1.54) is 12.1 Å². The fraction of sp³-hybridized carbons (Fsp3) is 0.174. The Morgan fingerprint density at radius 3 is 2.62 bits per heavy atom. The normalized spacial score (nSPS) is 10.7. The largest absolute Gasteiger partial charge is 0.492 e. The van der Waals surface area contributed by atoms with Crippen molar-refractivity contribution in [2.24, 2.45) is 0 Å². The van der Waals surface area contributed by atoms with Crippen molar-refractivity contribution in [2.75, 3.05) is 6.61 Å². The summed E-state index contributed by atoms with van der Waals surface area (Å²) in [5.41, 5.74) is 1.47. The number of aromatic nitrogens is 4. The number of ether oxygens (including phenoxy) is 2. The zero-order chi connectivity index (χ0) is 22.3. The molecular weight excluding hydrogens is 412 g/mol. The molecule has 0 amide bonds. The molecule has 2 aromatic heterocycles. The maximum atomic E-state index is 12.4. The van der Waals surface area contributed by atoms with Crippen LogP contribution in [0.1, 0.15) is 21.9 Å². The first kappa shape index (κ1) is 21.0. The molecule has 9 nitrogen and oxygen atoms in total. The van der Waals surface area contributed by atoms with E-state index < -0.39 is 5.97 Å². The van der Waals surface area contributed by atoms with E-state index in [-0.39, 0.29) is 36.9 Å². The van der Waals surface area contributed by atoms with Crippen molar-refractivity contribution in [2.45, 2.75) is 20.1 Å². The fourth-order valence-corrected chi connectivity index (χ4v) is 2.93. The van der Waals surface area contributed by atoms with Crippen LogP contribution in [-0.4, -0.2) is 32.5 Å². The lowest BCUT2D eigenvalue weighted by molar-refractivity contribution is 0.0419. The van der Waals surface area contributed by atoms with Crippen LogP contribution in [0, 0.1) is 6.92 Å². The molecule has 0 unspecified atom stereocenters. The number of carbonyl (C=O) groups is 1. The summed E-state index contributed by atoms with van der Waals surface area (Å²) in [6.07, 6.45) is 0. The van der Waals surface area contributed by atoms with Gasteiger partial charge in [-0.2, -0.15) is 10.1 Å². The predicted octanol–water partition coefficient (Wildman–Crippen LogP) is 3.04. The summed E-state index contributed by atoms with van der Waals surface area (Å²) in [6, 6.07) is 19.4. The molecule has 0 radical (unpaired) electrons. The van der Waals surface area contributed by atoms with E-state index in [2.05, 4.69) is 15.2 Å². The molecule has 4 aromatic rings. The van der Waals surface area contributed by atoms with Gasteiger partial charge in [0, 0.05) is 11.6 Å². The Labute approximate surface area is 183 Å². The van der Waals surface area contributed by atoms with Crippen LogP contribution in [0.25, 0.3) is 11.4 Å². The summed E-state index contributed by atoms with van der Waals surface area (Å²) in [4.78, 5) is 28.7. The first-order chi connectivity index (χ1) is 15.6. The highest BCUT2D eigenvalue weighted by Crippen LogP contribution is 2.20. The highest BCUT2D eigenvalue weighted by atomic mass is 16.6. The highest BCUT2D eigenvalue weighted by Gasteiger charge is 2.15. The van der Waals surface area contributed by atoms with Crippen LogP contribution in [0.2, 0.25) is 0 Å². The molecule has 0 spiro atoms. The smallest absolute Gasteiger partial charge is 0.359 e. The van der Waals surface area contributed by atoms with Gasteiger partial charge < -0.3 is 14.0 Å². The second-order valence-electron chi connectivity index (χ2n) is 6.84. The highest BCUT2D eigenvalue weighted by molar-refractivity contribution is 5.86. The Morgan fingerprint density at radius 1 is 1.03 bits per heavy atom. The van der Waals surface area contributed by atoms with Gasteiger partial charge in [0.1, 0.15) is 12.4 Å². The average Bonchev–Trinajstić information content (AvgIpc) is 3.28. The van der Waals surface area contributed by atoms with Crippen molar-refractivity contribution in [1.29, 1.82) is 0 Å². The zero-order valence-corrected chi connectivity index (χ0v) is 17.3. The van der Waals surface area contributed by atoms with Crippen LogP contribution in [0.5, 0.6) is 5.75 Å². The second kappa shape index (κ2) is 9.69. The van der Waals surface area contributed by atoms with E-state index in [1.807, 2.05) is 61.5 Å². The van der Waals surface area contributed by atoms with Crippen molar-refractivity contribution >= 4 is 5.97 Å². The maximum Gasteiger partial charge on any atom is 0.359 e. The molecular formula is C23H20N4O5. The average molecular weight is 432 g/mol. The van der Waals surface area contributed by atoms with E-state index in [0.29, 0.717) is 11.6 Å². The Hall–Kier alpha value is -4.27. The van der Waals surface area contributed by atoms with Crippen molar-refractivity contribution < 1.29 is 18.8 Å². The van der Waals surface area contributed by atoms with Gasteiger partial charge in [-0.25, -0.2) is 9.48 Å². The van der Waals surface area contributed by atoms with Gasteiger partial charge in [-0.3, -0.25) is 4.79 Å². The second-order valence-corrected chi connectivity index (χ2v) is 6.84. The number of nitrogens with zero attached hydrogens (tertiary/aromatic N) is 4. The van der Waals surface area contributed by atoms with Gasteiger partial charge in [0.15, 0.2) is 12.3 Å². The van der Waals surface area contributed by atoms with Gasteiger partial charge in [-0.05, 0) is 30.7 Å². The Morgan fingerprint density at radius 2 is 1.81 bits per heavy atom. The third-order valence-electron chi connectivity index (χ3n) is 4.57. The third-order valence-corrected chi connectivity index (χ3v) is 4.57. The van der Waals surface area contributed by atoms with Gasteiger partial charge in [-0.1, -0.05) is 47.6 Å². The Balaban J connectivity index is 1.36. The molecule has 162 valence electrons. The molecule has 0 aliphatic heterocycles. The first-order valence-corrected chi connectivity index (χ1v) is 9.92. The molecule has 0 fully saturated rings. The van der Waals surface area contributed by atoms with Crippen LogP contribution < -0.4 is 10.3 Å². The lowest BCUT2D eigenvalue weighted by Gasteiger charge is -2.08. The quantitative estimate of drug-likeness (QED) is 0.391. The van der Waals surface area contributed by atoms with Crippen LogP contribution in [-0.2, 0) is 17.9 Å². The minimum absolute atomic E-state index is 0.0112. The SMILES string of the molecule is Cc1ccccc1-c1noc(COC(=O)c2ccc(=O)n(CCOc3ccccc3)n2)n1. The predicted molar refractivity (Wildman–Crippen MR) is 114 cm³/mol. The Kier molecular flexibility index (Phi) is 6.35. The van der Waals surface area contributed by atoms with E-state index in [4.69, 9.17) is 14.0 Å². The van der Waals surface area contributed by atoms with Crippen LogP contribution in [0.3, 0.4) is 0 Å². The molecule has 2 aromatic carbocycles. The fourth-order valence-electron chi connectivity index (χ4n) is 2.93. The number of carbonyl (C=O) groups excluding carboxylic acids is 1. The van der Waals surface area contributed by atoms with Crippen molar-refractivity contribution in [1.82, 2.24) is 19.9 Å². The summed E-state index contributed by atoms with van der Waals surface area (Å²) >= 11 is 0. The number of aryl methyl sites for hydroxylation is 1. The molecule has 0 N–H and O–H groups in total. The van der Waals surface area contributed by atoms with Crippen molar-refractivity contribution in [3.63, 3.8) is 0 Å². The molecule has 0 saturated heterocycles. The molecule has 0 aliphatic carbocycles. The Bertz CT molecular complexity index is 1270. The zero-order valence-electron chi connectivity index (χ0n) is 17.3. The molecule has 0 atom stereocenters. The van der Waals surface area contributed by atoms with Gasteiger partial charge >= 0.3 is 5.97 Å². The van der Waals surface area contributed by atoms with Crippen LogP contribution in [0.4, 0.5) is 0 Å². The standard InChI is InChI=1S/C23H20N4O5/c1-16-7-5-6-10-18(16)22-24-20(32-26-22)15-31-23(29)19-11-12-21(28)27(25-19)13-14-30-17-8-3-2-4-9-17/h2-12H,13-15H2,1H3. The number of rotatable bonds is 8. The van der Waals surface area contributed by atoms with E-state index in [0.717, 1.165) is 15.8 Å². The maximum absolute atomic E-state index is 12.4. The van der Waals surface area contributed by atoms with E-state index >= 15 is 0 Å². The summed E-state index contributed by atoms with van der Waals surface area (Å²) in [6.45, 7) is 2.13. The van der Waals surface area contributed by atoms with Crippen LogP contribution >= 0.6 is 0 Å². The number of hydrogen-bond acceptors (Lipinski definition) is 8. The summed E-state index contributed by atoms with van der Waals surface area (Å²) in [7, 11) is 0. The van der Waals surface area contributed by atoms with Crippen LogP contribution in [0.15, 0.2) is 76.0 Å². The van der Waals surface area contributed by atoms with Gasteiger partial charge in [0.25, 0.3) is 11.4 Å². The lowest BCUT2D eigenvalue weighted by atomic mass is 10.1. The molecule has 4 rings (SSSR count). The minimum Gasteiger partial charge on any atom is -0.492 e. The molecule has 9 heteroatoms. The summed E-state index contributed by atoms with van der Waals surface area (Å²) in [5, 5.41) is 7.99. The lowest BCUT2D eigenvalue weighted by Crippen LogP contribution is -2.27. The molecule has 0 bridgehead atoms. The van der Waals surface area contributed by atoms with E-state index in [1.54, 1.807) is 0 Å². The monoisotopic (exact) mass is 432 g/mol. The summed E-state index contributed by atoms with van der Waals surface area (Å²) < 4.78 is 17.1. The molecule has 2 heterocycles. The first-order valence-electron chi connectivity index (χ1n) is 9.92. The number of benzene rings is 2. The topological polar surface area (TPSA) is 109 Å². The van der Waals surface area contributed by atoms with E-state index in [9.17, 15) is 9.59 Å². The number of para-hydroxylation sites is 1. The molecule has 0 saturated carbocycles. The van der Waals surface area contributed by atoms with Gasteiger partial charge in [0.05, 0.1) is 6.54 Å². The van der Waals surface area contributed by atoms with Crippen molar-refractivity contribution in [3.05, 3.63) is 94.2 Å². The number of esters is 1. The minimum atomic E-state index is -0.710. The van der Waals surface area contributed by atoms with Gasteiger partial charge in [-0.15, -0.1) is 0 Å². The molecule has 0 aliphatic rings. The third kappa shape index (κ3) is 5.07. The molecule has 32 heavy (non-hydrogen) atoms. The van der Waals surface area contributed by atoms with Gasteiger partial charge in [0.2, 0.25) is 5.82 Å². The number of hydrogen-bond donors (Lipinski definition) is 0. The van der Waals surface area contributed by atoms with Crippen molar-refractivity contribution in [3.8, 4) is 17.1 Å². The summed E-state index contributed by atoms with van der Waals surface area (Å²) in [5.74, 6) is 0.541.